The molecule has 0 saturated heterocycles. The smallest absolute Gasteiger partial charge is 0.251 e. The van der Waals surface area contributed by atoms with Crippen LogP contribution in [0.2, 0.25) is 0 Å². The molecule has 2 aromatic rings. The molecule has 6 heteroatoms. The van der Waals surface area contributed by atoms with Gasteiger partial charge in [-0.2, -0.15) is 0 Å². The Labute approximate surface area is 207 Å². The SMILES string of the molecule is C[C@H]1[C@@H]2[C@@H](O)[C@H]([C@H](C)C(=O)NCc3ccc(F)cc3)CC[C@@]2(C)CC[C@@H]1NC(=O)c1ccccc1. The molecule has 0 heterocycles. The predicted octanol–water partition coefficient (Wildman–Crippen LogP) is 4.70. The maximum atomic E-state index is 13.1. The molecule has 0 aromatic heterocycles. The first-order valence-electron chi connectivity index (χ1n) is 12.8. The fourth-order valence-electron chi connectivity index (χ4n) is 6.49. The van der Waals surface area contributed by atoms with Gasteiger partial charge in [-0.25, -0.2) is 4.39 Å². The Balaban J connectivity index is 1.41. The first kappa shape index (κ1) is 25.4. The van der Waals surface area contributed by atoms with Crippen LogP contribution in [0.1, 0.15) is 62.4 Å². The second-order valence-corrected chi connectivity index (χ2v) is 10.8. The number of hydrogen-bond donors (Lipinski definition) is 3. The van der Waals surface area contributed by atoms with Gasteiger partial charge in [-0.1, -0.05) is 51.1 Å². The Morgan fingerprint density at radius 1 is 1.09 bits per heavy atom. The molecule has 2 aromatic carbocycles. The average molecular weight is 481 g/mol. The number of aliphatic hydroxyl groups is 1. The quantitative estimate of drug-likeness (QED) is 0.561. The molecule has 35 heavy (non-hydrogen) atoms. The molecular formula is C29H37FN2O3. The minimum absolute atomic E-state index is 0.00317. The summed E-state index contributed by atoms with van der Waals surface area (Å²) in [5.41, 5.74) is 1.47. The fourth-order valence-corrected chi connectivity index (χ4v) is 6.49. The summed E-state index contributed by atoms with van der Waals surface area (Å²) in [6, 6.07) is 15.3. The van der Waals surface area contributed by atoms with Gasteiger partial charge in [0.25, 0.3) is 5.91 Å². The molecule has 0 radical (unpaired) electrons. The zero-order valence-electron chi connectivity index (χ0n) is 20.8. The highest BCUT2D eigenvalue weighted by molar-refractivity contribution is 5.94. The lowest BCUT2D eigenvalue weighted by atomic mass is 9.51. The highest BCUT2D eigenvalue weighted by Gasteiger charge is 2.53. The van der Waals surface area contributed by atoms with Crippen molar-refractivity contribution in [2.45, 2.75) is 65.1 Å². The van der Waals surface area contributed by atoms with Crippen molar-refractivity contribution in [1.82, 2.24) is 10.6 Å². The van der Waals surface area contributed by atoms with Crippen molar-refractivity contribution in [3.8, 4) is 0 Å². The maximum Gasteiger partial charge on any atom is 0.251 e. The van der Waals surface area contributed by atoms with E-state index in [9.17, 15) is 19.1 Å². The van der Waals surface area contributed by atoms with Gasteiger partial charge in [0.1, 0.15) is 5.82 Å². The second-order valence-electron chi connectivity index (χ2n) is 10.8. The Kier molecular flexibility index (Phi) is 7.60. The van der Waals surface area contributed by atoms with Crippen molar-refractivity contribution in [1.29, 1.82) is 0 Å². The maximum absolute atomic E-state index is 13.1. The Morgan fingerprint density at radius 2 is 1.74 bits per heavy atom. The van der Waals surface area contributed by atoms with Crippen LogP contribution >= 0.6 is 0 Å². The van der Waals surface area contributed by atoms with Crippen molar-refractivity contribution in [3.63, 3.8) is 0 Å². The van der Waals surface area contributed by atoms with Crippen LogP contribution in [0.3, 0.4) is 0 Å². The summed E-state index contributed by atoms with van der Waals surface area (Å²) >= 11 is 0. The molecule has 4 rings (SSSR count). The molecule has 0 bridgehead atoms. The number of rotatable bonds is 6. The number of benzene rings is 2. The summed E-state index contributed by atoms with van der Waals surface area (Å²) < 4.78 is 13.1. The molecular weight excluding hydrogens is 443 g/mol. The molecule has 7 atom stereocenters. The summed E-state index contributed by atoms with van der Waals surface area (Å²) in [6.45, 7) is 6.60. The van der Waals surface area contributed by atoms with Crippen LogP contribution < -0.4 is 10.6 Å². The molecule has 0 aliphatic heterocycles. The van der Waals surface area contributed by atoms with Crippen molar-refractivity contribution in [3.05, 3.63) is 71.5 Å². The van der Waals surface area contributed by atoms with Crippen LogP contribution in [0, 0.1) is 34.9 Å². The van der Waals surface area contributed by atoms with Gasteiger partial charge in [0.2, 0.25) is 5.91 Å². The van der Waals surface area contributed by atoms with E-state index in [1.807, 2.05) is 37.3 Å². The number of halogens is 1. The van der Waals surface area contributed by atoms with Gasteiger partial charge in [0.05, 0.1) is 6.10 Å². The number of hydrogen-bond acceptors (Lipinski definition) is 3. The van der Waals surface area contributed by atoms with Gasteiger partial charge in [-0.3, -0.25) is 9.59 Å². The molecule has 3 N–H and O–H groups in total. The Hall–Kier alpha value is -2.73. The monoisotopic (exact) mass is 480 g/mol. The molecule has 2 saturated carbocycles. The summed E-state index contributed by atoms with van der Waals surface area (Å²) in [7, 11) is 0. The summed E-state index contributed by atoms with van der Waals surface area (Å²) in [5, 5.41) is 17.7. The summed E-state index contributed by atoms with van der Waals surface area (Å²) in [6.07, 6.45) is 2.96. The van der Waals surface area contributed by atoms with E-state index >= 15 is 0 Å². The van der Waals surface area contributed by atoms with E-state index in [4.69, 9.17) is 0 Å². The van der Waals surface area contributed by atoms with Crippen LogP contribution in [0.25, 0.3) is 0 Å². The molecule has 188 valence electrons. The predicted molar refractivity (Wildman–Crippen MR) is 134 cm³/mol. The Morgan fingerprint density at radius 3 is 2.43 bits per heavy atom. The van der Waals surface area contributed by atoms with Gasteiger partial charge in [-0.05, 0) is 78.7 Å². The number of aliphatic hydroxyl groups excluding tert-OH is 1. The number of carbonyl (C=O) groups excluding carboxylic acids is 2. The zero-order valence-corrected chi connectivity index (χ0v) is 20.8. The van der Waals surface area contributed by atoms with E-state index in [1.54, 1.807) is 12.1 Å². The standard InChI is InChI=1S/C29H37FN2O3/c1-18(27(34)31-17-20-9-11-22(30)12-10-20)23-13-15-29(3)16-14-24(19(2)25(29)26(23)33)32-28(35)21-7-5-4-6-8-21/h4-12,18-19,23-26,33H,13-17H2,1-3H3,(H,31,34)(H,32,35)/t18-,19+,23-,24-,25+,26-,29-/m0/s1. The molecule has 0 unspecified atom stereocenters. The van der Waals surface area contributed by atoms with Crippen molar-refractivity contribution < 1.29 is 19.1 Å². The van der Waals surface area contributed by atoms with E-state index < -0.39 is 6.10 Å². The van der Waals surface area contributed by atoms with E-state index in [2.05, 4.69) is 24.5 Å². The normalized spacial score (nSPS) is 31.2. The Bertz CT molecular complexity index is 1030. The largest absolute Gasteiger partial charge is 0.392 e. The lowest BCUT2D eigenvalue weighted by Gasteiger charge is -2.56. The third kappa shape index (κ3) is 5.43. The van der Waals surface area contributed by atoms with E-state index in [0.717, 1.165) is 31.2 Å². The number of fused-ring (bicyclic) bond motifs is 1. The molecule has 2 aliphatic rings. The molecule has 2 aliphatic carbocycles. The zero-order chi connectivity index (χ0) is 25.2. The van der Waals surface area contributed by atoms with Crippen LogP contribution in [-0.2, 0) is 11.3 Å². The number of amides is 2. The molecule has 2 fully saturated rings. The van der Waals surface area contributed by atoms with Crippen molar-refractivity contribution >= 4 is 11.8 Å². The first-order valence-corrected chi connectivity index (χ1v) is 12.8. The van der Waals surface area contributed by atoms with E-state index in [-0.39, 0.29) is 52.8 Å². The van der Waals surface area contributed by atoms with Crippen molar-refractivity contribution in [2.24, 2.45) is 29.1 Å². The third-order valence-electron chi connectivity index (χ3n) is 8.68. The van der Waals surface area contributed by atoms with Gasteiger partial charge in [0, 0.05) is 24.1 Å². The number of carbonyl (C=O) groups is 2. The summed E-state index contributed by atoms with van der Waals surface area (Å²) in [4.78, 5) is 25.8. The minimum Gasteiger partial charge on any atom is -0.392 e. The lowest BCUT2D eigenvalue weighted by Crippen LogP contribution is -2.58. The van der Waals surface area contributed by atoms with E-state index in [0.29, 0.717) is 12.1 Å². The van der Waals surface area contributed by atoms with Crippen LogP contribution in [0.4, 0.5) is 4.39 Å². The average Bonchev–Trinajstić information content (AvgIpc) is 2.85. The van der Waals surface area contributed by atoms with Crippen molar-refractivity contribution in [2.75, 3.05) is 0 Å². The fraction of sp³-hybridized carbons (Fsp3) is 0.517. The second kappa shape index (κ2) is 10.5. The van der Waals surface area contributed by atoms with Crippen LogP contribution in [0.15, 0.2) is 54.6 Å². The molecule has 0 spiro atoms. The van der Waals surface area contributed by atoms with Gasteiger partial charge in [0.15, 0.2) is 0 Å². The lowest BCUT2D eigenvalue weighted by molar-refractivity contribution is -0.142. The van der Waals surface area contributed by atoms with Gasteiger partial charge >= 0.3 is 0 Å². The highest BCUT2D eigenvalue weighted by atomic mass is 19.1. The minimum atomic E-state index is -0.619. The molecule has 2 amide bonds. The van der Waals surface area contributed by atoms with Crippen LogP contribution in [0.5, 0.6) is 0 Å². The van der Waals surface area contributed by atoms with Crippen LogP contribution in [-0.4, -0.2) is 29.1 Å². The first-order chi connectivity index (χ1) is 16.7. The van der Waals surface area contributed by atoms with Gasteiger partial charge < -0.3 is 15.7 Å². The van der Waals surface area contributed by atoms with Gasteiger partial charge in [-0.15, -0.1) is 0 Å². The summed E-state index contributed by atoms with van der Waals surface area (Å²) in [5.74, 6) is -0.881. The number of nitrogens with one attached hydrogen (secondary N) is 2. The molecule has 5 nitrogen and oxygen atoms in total. The third-order valence-corrected chi connectivity index (χ3v) is 8.68. The highest BCUT2D eigenvalue weighted by Crippen LogP contribution is 2.55. The van der Waals surface area contributed by atoms with E-state index in [1.165, 1.54) is 12.1 Å². The topological polar surface area (TPSA) is 78.4 Å².